The third-order valence-electron chi connectivity index (χ3n) is 3.06. The zero-order valence-corrected chi connectivity index (χ0v) is 10.6. The molecule has 2 aromatic rings. The summed E-state index contributed by atoms with van der Waals surface area (Å²) in [6.07, 6.45) is 0.996. The summed E-state index contributed by atoms with van der Waals surface area (Å²) in [6.45, 7) is 1.35. The molecule has 1 saturated heterocycles. The Hall–Kier alpha value is -2.34. The van der Waals surface area contributed by atoms with Gasteiger partial charge in [0.1, 0.15) is 11.9 Å². The minimum atomic E-state index is -1.11. The molecule has 0 bridgehead atoms. The molecule has 0 saturated carbocycles. The number of nitrogens with zero attached hydrogens (tertiary/aromatic N) is 1. The van der Waals surface area contributed by atoms with E-state index < -0.39 is 5.97 Å². The van der Waals surface area contributed by atoms with Crippen molar-refractivity contribution in [3.63, 3.8) is 0 Å². The number of carbonyl (C=O) groups is 1. The fraction of sp³-hybridized carbons (Fsp3) is 0.286. The van der Waals surface area contributed by atoms with Crippen LogP contribution in [0.2, 0.25) is 0 Å². The molecule has 6 heteroatoms. The molecule has 3 rings (SSSR count). The third-order valence-corrected chi connectivity index (χ3v) is 3.06. The van der Waals surface area contributed by atoms with Crippen LogP contribution < -0.4 is 4.74 Å². The molecule has 2 heterocycles. The van der Waals surface area contributed by atoms with E-state index in [4.69, 9.17) is 19.1 Å². The summed E-state index contributed by atoms with van der Waals surface area (Å²) in [5.74, 6) is 0.0570. The molecule has 1 aromatic carbocycles. The van der Waals surface area contributed by atoms with Gasteiger partial charge in [-0.15, -0.1) is 0 Å². The van der Waals surface area contributed by atoms with E-state index in [9.17, 15) is 4.79 Å². The van der Waals surface area contributed by atoms with Crippen LogP contribution in [0.25, 0.3) is 11.3 Å². The van der Waals surface area contributed by atoms with E-state index in [1.807, 2.05) is 12.1 Å². The van der Waals surface area contributed by atoms with E-state index in [2.05, 4.69) is 5.16 Å². The van der Waals surface area contributed by atoms with Crippen molar-refractivity contribution in [3.8, 4) is 17.1 Å². The minimum Gasteiger partial charge on any atom is -0.488 e. The normalized spacial score (nSPS) is 18.1. The highest BCUT2D eigenvalue weighted by molar-refractivity contribution is 5.86. The first kappa shape index (κ1) is 12.7. The zero-order chi connectivity index (χ0) is 13.9. The molecule has 0 aliphatic carbocycles. The monoisotopic (exact) mass is 275 g/mol. The average molecular weight is 275 g/mol. The molecule has 0 radical (unpaired) electrons. The Kier molecular flexibility index (Phi) is 3.39. The second-order valence-corrected chi connectivity index (χ2v) is 4.51. The van der Waals surface area contributed by atoms with Crippen molar-refractivity contribution >= 4 is 5.97 Å². The van der Waals surface area contributed by atoms with Gasteiger partial charge in [0.2, 0.25) is 0 Å². The summed E-state index contributed by atoms with van der Waals surface area (Å²) < 4.78 is 16.0. The first-order valence-electron chi connectivity index (χ1n) is 6.27. The summed E-state index contributed by atoms with van der Waals surface area (Å²) in [6, 6.07) is 8.63. The topological polar surface area (TPSA) is 81.8 Å². The molecule has 20 heavy (non-hydrogen) atoms. The second-order valence-electron chi connectivity index (χ2n) is 4.51. The van der Waals surface area contributed by atoms with E-state index in [-0.39, 0.29) is 11.8 Å². The van der Waals surface area contributed by atoms with Gasteiger partial charge in [0.25, 0.3) is 0 Å². The summed E-state index contributed by atoms with van der Waals surface area (Å²) in [5, 5.41) is 12.3. The van der Waals surface area contributed by atoms with Crippen LogP contribution in [-0.4, -0.2) is 35.6 Å². The second kappa shape index (κ2) is 5.34. The van der Waals surface area contributed by atoms with E-state index >= 15 is 0 Å². The van der Waals surface area contributed by atoms with Gasteiger partial charge in [-0.1, -0.05) is 5.16 Å². The minimum absolute atomic E-state index is 0.102. The summed E-state index contributed by atoms with van der Waals surface area (Å²) in [7, 11) is 0. The highest BCUT2D eigenvalue weighted by Crippen LogP contribution is 2.24. The van der Waals surface area contributed by atoms with Gasteiger partial charge >= 0.3 is 5.97 Å². The fourth-order valence-electron chi connectivity index (χ4n) is 2.01. The standard InChI is InChI=1S/C14H13NO5/c16-14(17)12-7-13(20-15-12)9-1-3-10(4-2-9)19-11-5-6-18-8-11/h1-4,7,11H,5-6,8H2,(H,16,17). The highest BCUT2D eigenvalue weighted by Gasteiger charge is 2.17. The molecule has 6 nitrogen and oxygen atoms in total. The summed E-state index contributed by atoms with van der Waals surface area (Å²) in [5.41, 5.74) is 0.642. The number of carboxylic acid groups (broad SMARTS) is 1. The number of hydrogen-bond acceptors (Lipinski definition) is 5. The van der Waals surface area contributed by atoms with Crippen LogP contribution in [0.4, 0.5) is 0 Å². The fourth-order valence-corrected chi connectivity index (χ4v) is 2.01. The Bertz CT molecular complexity index is 598. The van der Waals surface area contributed by atoms with E-state index in [0.717, 1.165) is 24.3 Å². The van der Waals surface area contributed by atoms with Crippen molar-refractivity contribution < 1.29 is 23.9 Å². The number of hydrogen-bond donors (Lipinski definition) is 1. The van der Waals surface area contributed by atoms with Crippen LogP contribution in [-0.2, 0) is 4.74 Å². The van der Waals surface area contributed by atoms with Crippen LogP contribution in [0.5, 0.6) is 5.75 Å². The molecule has 0 amide bonds. The largest absolute Gasteiger partial charge is 0.488 e. The van der Waals surface area contributed by atoms with Gasteiger partial charge < -0.3 is 19.1 Å². The maximum Gasteiger partial charge on any atom is 0.358 e. The van der Waals surface area contributed by atoms with Gasteiger partial charge in [0, 0.05) is 18.1 Å². The van der Waals surface area contributed by atoms with Crippen molar-refractivity contribution in [2.75, 3.05) is 13.2 Å². The van der Waals surface area contributed by atoms with Gasteiger partial charge in [0.15, 0.2) is 11.5 Å². The third kappa shape index (κ3) is 2.65. The first-order chi connectivity index (χ1) is 9.72. The molecule has 1 aliphatic heterocycles. The zero-order valence-electron chi connectivity index (χ0n) is 10.6. The predicted molar refractivity (Wildman–Crippen MR) is 68.8 cm³/mol. The number of ether oxygens (including phenoxy) is 2. The molecule has 1 aliphatic rings. The smallest absolute Gasteiger partial charge is 0.358 e. The lowest BCUT2D eigenvalue weighted by atomic mass is 10.1. The molecular formula is C14H13NO5. The van der Waals surface area contributed by atoms with Gasteiger partial charge in [-0.2, -0.15) is 0 Å². The van der Waals surface area contributed by atoms with E-state index in [0.29, 0.717) is 12.4 Å². The summed E-state index contributed by atoms with van der Waals surface area (Å²) >= 11 is 0. The quantitative estimate of drug-likeness (QED) is 0.921. The molecule has 1 aromatic heterocycles. The number of aromatic carboxylic acids is 1. The SMILES string of the molecule is O=C(O)c1cc(-c2ccc(OC3CCOC3)cc2)on1. The van der Waals surface area contributed by atoms with Gasteiger partial charge in [-0.3, -0.25) is 0 Å². The van der Waals surface area contributed by atoms with Crippen LogP contribution in [0.1, 0.15) is 16.9 Å². The Balaban J connectivity index is 1.72. The predicted octanol–water partition coefficient (Wildman–Crippen LogP) is 2.21. The number of rotatable bonds is 4. The van der Waals surface area contributed by atoms with Crippen molar-refractivity contribution in [3.05, 3.63) is 36.0 Å². The lowest BCUT2D eigenvalue weighted by molar-refractivity contribution is 0.0686. The Labute approximate surface area is 114 Å². The van der Waals surface area contributed by atoms with Crippen LogP contribution in [0, 0.1) is 0 Å². The summed E-state index contributed by atoms with van der Waals surface area (Å²) in [4.78, 5) is 10.7. The van der Waals surface area contributed by atoms with Crippen molar-refractivity contribution in [2.24, 2.45) is 0 Å². The van der Waals surface area contributed by atoms with Crippen LogP contribution in [0.15, 0.2) is 34.9 Å². The molecule has 0 spiro atoms. The van der Waals surface area contributed by atoms with E-state index in [1.54, 1.807) is 12.1 Å². The lowest BCUT2D eigenvalue weighted by Crippen LogP contribution is -2.15. The van der Waals surface area contributed by atoms with E-state index in [1.165, 1.54) is 6.07 Å². The lowest BCUT2D eigenvalue weighted by Gasteiger charge is -2.11. The Morgan fingerprint density at radius 3 is 2.75 bits per heavy atom. The maximum atomic E-state index is 10.7. The molecule has 104 valence electrons. The van der Waals surface area contributed by atoms with Gasteiger partial charge in [-0.05, 0) is 24.3 Å². The van der Waals surface area contributed by atoms with Crippen LogP contribution >= 0.6 is 0 Å². The van der Waals surface area contributed by atoms with Gasteiger partial charge in [0.05, 0.1) is 13.2 Å². The average Bonchev–Trinajstić information content (AvgIpc) is 3.10. The highest BCUT2D eigenvalue weighted by atomic mass is 16.5. The van der Waals surface area contributed by atoms with Crippen molar-refractivity contribution in [2.45, 2.75) is 12.5 Å². The van der Waals surface area contributed by atoms with Gasteiger partial charge in [-0.25, -0.2) is 4.79 Å². The Morgan fingerprint density at radius 1 is 1.35 bits per heavy atom. The molecular weight excluding hydrogens is 262 g/mol. The first-order valence-corrected chi connectivity index (χ1v) is 6.27. The maximum absolute atomic E-state index is 10.7. The molecule has 1 N–H and O–H groups in total. The number of carboxylic acids is 1. The molecule has 1 unspecified atom stereocenters. The van der Waals surface area contributed by atoms with Crippen molar-refractivity contribution in [1.29, 1.82) is 0 Å². The number of benzene rings is 1. The molecule has 1 fully saturated rings. The molecule has 1 atom stereocenters. The van der Waals surface area contributed by atoms with Crippen LogP contribution in [0.3, 0.4) is 0 Å². The van der Waals surface area contributed by atoms with Crippen molar-refractivity contribution in [1.82, 2.24) is 5.16 Å². The number of aromatic nitrogens is 1. The Morgan fingerprint density at radius 2 is 2.15 bits per heavy atom.